The molecule has 1 aromatic heterocycles. The minimum absolute atomic E-state index is 0.0583. The molecule has 1 aliphatic rings. The number of hydrogen-bond donors (Lipinski definition) is 2. The molecule has 122 valence electrons. The molecule has 0 atom stereocenters. The van der Waals surface area contributed by atoms with Crippen LogP contribution in [-0.2, 0) is 9.59 Å². The van der Waals surface area contributed by atoms with Gasteiger partial charge in [-0.25, -0.2) is 0 Å². The molecular formula is C17H21N3O3. The van der Waals surface area contributed by atoms with Crippen molar-refractivity contribution in [1.82, 2.24) is 10.5 Å². The van der Waals surface area contributed by atoms with Crippen molar-refractivity contribution in [3.8, 4) is 0 Å². The van der Waals surface area contributed by atoms with Crippen LogP contribution < -0.4 is 10.6 Å². The normalized spacial score (nSPS) is 15.5. The quantitative estimate of drug-likeness (QED) is 0.888. The van der Waals surface area contributed by atoms with Crippen LogP contribution in [0.25, 0.3) is 11.0 Å². The predicted molar refractivity (Wildman–Crippen MR) is 86.9 cm³/mol. The number of para-hydroxylation sites is 1. The maximum Gasteiger partial charge on any atom is 0.226 e. The Hall–Kier alpha value is -2.37. The largest absolute Gasteiger partial charge is 0.354 e. The lowest BCUT2D eigenvalue weighted by Crippen LogP contribution is -2.36. The Bertz CT molecular complexity index is 689. The van der Waals surface area contributed by atoms with Crippen LogP contribution in [0.2, 0.25) is 0 Å². The summed E-state index contributed by atoms with van der Waals surface area (Å²) in [5.74, 6) is 0.109. The van der Waals surface area contributed by atoms with Crippen molar-refractivity contribution in [2.75, 3.05) is 5.32 Å². The second-order valence-corrected chi connectivity index (χ2v) is 5.98. The van der Waals surface area contributed by atoms with E-state index < -0.39 is 0 Å². The Morgan fingerprint density at radius 3 is 2.65 bits per heavy atom. The fourth-order valence-corrected chi connectivity index (χ4v) is 2.94. The summed E-state index contributed by atoms with van der Waals surface area (Å²) in [6, 6.07) is 7.59. The fourth-order valence-electron chi connectivity index (χ4n) is 2.94. The van der Waals surface area contributed by atoms with E-state index in [4.69, 9.17) is 4.52 Å². The van der Waals surface area contributed by atoms with Crippen molar-refractivity contribution in [3.63, 3.8) is 0 Å². The summed E-state index contributed by atoms with van der Waals surface area (Å²) in [5.41, 5.74) is 0.623. The predicted octanol–water partition coefficient (Wildman–Crippen LogP) is 3.00. The Kier molecular flexibility index (Phi) is 4.90. The van der Waals surface area contributed by atoms with E-state index in [0.29, 0.717) is 11.4 Å². The van der Waals surface area contributed by atoms with E-state index in [1.807, 2.05) is 18.2 Å². The first kappa shape index (κ1) is 15.5. The monoisotopic (exact) mass is 315 g/mol. The van der Waals surface area contributed by atoms with E-state index in [0.717, 1.165) is 18.2 Å². The van der Waals surface area contributed by atoms with Gasteiger partial charge in [0.25, 0.3) is 0 Å². The molecule has 1 saturated carbocycles. The number of nitrogens with one attached hydrogen (secondary N) is 2. The van der Waals surface area contributed by atoms with Crippen molar-refractivity contribution in [1.29, 1.82) is 0 Å². The van der Waals surface area contributed by atoms with E-state index in [2.05, 4.69) is 15.8 Å². The zero-order chi connectivity index (χ0) is 16.1. The second-order valence-electron chi connectivity index (χ2n) is 5.98. The lowest BCUT2D eigenvalue weighted by atomic mass is 9.95. The number of carbonyl (C=O) groups excluding carboxylic acids is 2. The molecule has 1 fully saturated rings. The van der Waals surface area contributed by atoms with Crippen LogP contribution in [0.3, 0.4) is 0 Å². The van der Waals surface area contributed by atoms with E-state index in [1.54, 1.807) is 6.07 Å². The average molecular weight is 315 g/mol. The van der Waals surface area contributed by atoms with Crippen molar-refractivity contribution in [2.45, 2.75) is 51.0 Å². The van der Waals surface area contributed by atoms with Gasteiger partial charge in [-0.3, -0.25) is 9.59 Å². The summed E-state index contributed by atoms with van der Waals surface area (Å²) in [6.07, 6.45) is 6.01. The van der Waals surface area contributed by atoms with E-state index in [-0.39, 0.29) is 30.7 Å². The lowest BCUT2D eigenvalue weighted by Gasteiger charge is -2.22. The Morgan fingerprint density at radius 2 is 1.83 bits per heavy atom. The molecule has 1 aliphatic carbocycles. The third-order valence-electron chi connectivity index (χ3n) is 4.18. The molecule has 0 unspecified atom stereocenters. The van der Waals surface area contributed by atoms with Crippen LogP contribution >= 0.6 is 0 Å². The van der Waals surface area contributed by atoms with Gasteiger partial charge in [0.1, 0.15) is 0 Å². The molecular weight excluding hydrogens is 294 g/mol. The van der Waals surface area contributed by atoms with Crippen LogP contribution in [0.1, 0.15) is 44.9 Å². The molecule has 2 aromatic rings. The van der Waals surface area contributed by atoms with Crippen LogP contribution in [0.15, 0.2) is 28.8 Å². The number of carbonyl (C=O) groups is 2. The molecule has 2 amide bonds. The van der Waals surface area contributed by atoms with Crippen LogP contribution in [0.5, 0.6) is 0 Å². The van der Waals surface area contributed by atoms with Gasteiger partial charge < -0.3 is 15.2 Å². The summed E-state index contributed by atoms with van der Waals surface area (Å²) in [5, 5.41) is 10.3. The highest BCUT2D eigenvalue weighted by Gasteiger charge is 2.17. The summed E-state index contributed by atoms with van der Waals surface area (Å²) < 4.78 is 5.13. The maximum atomic E-state index is 12.0. The molecule has 23 heavy (non-hydrogen) atoms. The van der Waals surface area contributed by atoms with E-state index >= 15 is 0 Å². The standard InChI is InChI=1S/C17H21N3O3/c21-15(18-12-6-2-1-3-7-12)10-11-16(22)19-17-13-8-4-5-9-14(13)23-20-17/h4-5,8-9,12H,1-3,6-7,10-11H2,(H,18,21)(H,19,20,22). The van der Waals surface area contributed by atoms with Gasteiger partial charge in [0.05, 0.1) is 5.39 Å². The van der Waals surface area contributed by atoms with Gasteiger partial charge in [-0.15, -0.1) is 0 Å². The van der Waals surface area contributed by atoms with Crippen LogP contribution in [0, 0.1) is 0 Å². The molecule has 0 radical (unpaired) electrons. The summed E-state index contributed by atoms with van der Waals surface area (Å²) in [7, 11) is 0. The van der Waals surface area contributed by atoms with Crippen molar-refractivity contribution in [2.24, 2.45) is 0 Å². The van der Waals surface area contributed by atoms with Crippen LogP contribution in [-0.4, -0.2) is 23.0 Å². The highest BCUT2D eigenvalue weighted by atomic mass is 16.5. The number of aromatic nitrogens is 1. The lowest BCUT2D eigenvalue weighted by molar-refractivity contribution is -0.125. The highest BCUT2D eigenvalue weighted by molar-refractivity contribution is 5.99. The fraction of sp³-hybridized carbons (Fsp3) is 0.471. The minimum Gasteiger partial charge on any atom is -0.354 e. The molecule has 1 heterocycles. The van der Waals surface area contributed by atoms with Gasteiger partial charge >= 0.3 is 0 Å². The van der Waals surface area contributed by atoms with Gasteiger partial charge in [-0.05, 0) is 25.0 Å². The average Bonchev–Trinajstić information content (AvgIpc) is 2.97. The molecule has 2 N–H and O–H groups in total. The molecule has 0 spiro atoms. The van der Waals surface area contributed by atoms with Crippen LogP contribution in [0.4, 0.5) is 5.82 Å². The Morgan fingerprint density at radius 1 is 1.09 bits per heavy atom. The molecule has 0 aliphatic heterocycles. The van der Waals surface area contributed by atoms with Gasteiger partial charge in [0.2, 0.25) is 11.8 Å². The second kappa shape index (κ2) is 7.26. The Balaban J connectivity index is 1.46. The van der Waals surface area contributed by atoms with Crippen molar-refractivity contribution in [3.05, 3.63) is 24.3 Å². The first-order valence-corrected chi connectivity index (χ1v) is 8.16. The van der Waals surface area contributed by atoms with Gasteiger partial charge in [-0.2, -0.15) is 0 Å². The maximum absolute atomic E-state index is 12.0. The number of rotatable bonds is 5. The number of fused-ring (bicyclic) bond motifs is 1. The highest BCUT2D eigenvalue weighted by Crippen LogP contribution is 2.22. The summed E-state index contributed by atoms with van der Waals surface area (Å²) >= 11 is 0. The SMILES string of the molecule is O=C(CCC(=O)NC1CCCCC1)Nc1noc2ccccc12. The number of amides is 2. The summed E-state index contributed by atoms with van der Waals surface area (Å²) in [6.45, 7) is 0. The molecule has 3 rings (SSSR count). The number of benzene rings is 1. The topological polar surface area (TPSA) is 84.2 Å². The van der Waals surface area contributed by atoms with E-state index in [9.17, 15) is 9.59 Å². The first-order chi connectivity index (χ1) is 11.2. The minimum atomic E-state index is -0.233. The Labute approximate surface area is 134 Å². The zero-order valence-corrected chi connectivity index (χ0v) is 13.0. The zero-order valence-electron chi connectivity index (χ0n) is 13.0. The smallest absolute Gasteiger partial charge is 0.226 e. The third-order valence-corrected chi connectivity index (χ3v) is 4.18. The number of anilines is 1. The number of hydrogen-bond acceptors (Lipinski definition) is 4. The van der Waals surface area contributed by atoms with Gasteiger partial charge in [0.15, 0.2) is 11.4 Å². The van der Waals surface area contributed by atoms with Crippen molar-refractivity contribution < 1.29 is 14.1 Å². The number of nitrogens with zero attached hydrogens (tertiary/aromatic N) is 1. The summed E-state index contributed by atoms with van der Waals surface area (Å²) in [4.78, 5) is 23.9. The molecule has 0 bridgehead atoms. The molecule has 1 aromatic carbocycles. The molecule has 6 nitrogen and oxygen atoms in total. The van der Waals surface area contributed by atoms with E-state index in [1.165, 1.54) is 19.3 Å². The molecule has 6 heteroatoms. The third kappa shape index (κ3) is 4.09. The first-order valence-electron chi connectivity index (χ1n) is 8.16. The van der Waals surface area contributed by atoms with Crippen molar-refractivity contribution >= 4 is 28.6 Å². The van der Waals surface area contributed by atoms with Gasteiger partial charge in [-0.1, -0.05) is 36.6 Å². The van der Waals surface area contributed by atoms with Gasteiger partial charge in [0, 0.05) is 18.9 Å². The molecule has 0 saturated heterocycles.